The van der Waals surface area contributed by atoms with Crippen LogP contribution in [0.1, 0.15) is 5.82 Å². The highest BCUT2D eigenvalue weighted by molar-refractivity contribution is 14.1. The van der Waals surface area contributed by atoms with Gasteiger partial charge in [-0.3, -0.25) is 0 Å². The number of aromatic nitrogens is 2. The highest BCUT2D eigenvalue weighted by Gasteiger charge is 2.06. The van der Waals surface area contributed by atoms with Crippen LogP contribution < -0.4 is 10.5 Å². The van der Waals surface area contributed by atoms with E-state index in [0.717, 1.165) is 9.32 Å². The quantitative estimate of drug-likeness (QED) is 0.852. The molecule has 0 aliphatic heterocycles. The molecular formula is C12H12IN3O2. The summed E-state index contributed by atoms with van der Waals surface area (Å²) in [6, 6.07) is 9.26. The summed E-state index contributed by atoms with van der Waals surface area (Å²) < 4.78 is 11.7. The van der Waals surface area contributed by atoms with E-state index in [9.17, 15) is 0 Å². The fourth-order valence-corrected chi connectivity index (χ4v) is 1.88. The van der Waals surface area contributed by atoms with Crippen LogP contribution >= 0.6 is 22.6 Å². The number of nitrogens with zero attached hydrogens (tertiary/aromatic N) is 2. The van der Waals surface area contributed by atoms with Crippen molar-refractivity contribution in [3.05, 3.63) is 39.7 Å². The Morgan fingerprint density at radius 1 is 1.28 bits per heavy atom. The summed E-state index contributed by atoms with van der Waals surface area (Å²) in [5.41, 5.74) is 5.69. The van der Waals surface area contributed by atoms with Crippen LogP contribution in [0, 0.1) is 3.57 Å². The lowest BCUT2D eigenvalue weighted by Crippen LogP contribution is -2.02. The Kier molecular flexibility index (Phi) is 4.32. The Bertz CT molecular complexity index is 549. The van der Waals surface area contributed by atoms with Gasteiger partial charge in [-0.15, -0.1) is 0 Å². The third-order valence-electron chi connectivity index (χ3n) is 2.09. The van der Waals surface area contributed by atoms with Gasteiger partial charge in [0.15, 0.2) is 5.82 Å². The third-order valence-corrected chi connectivity index (χ3v) is 2.98. The van der Waals surface area contributed by atoms with E-state index >= 15 is 0 Å². The molecule has 0 saturated heterocycles. The van der Waals surface area contributed by atoms with Crippen molar-refractivity contribution in [2.24, 2.45) is 0 Å². The van der Waals surface area contributed by atoms with E-state index in [2.05, 4.69) is 32.6 Å². The van der Waals surface area contributed by atoms with Crippen molar-refractivity contribution in [1.82, 2.24) is 9.97 Å². The fraction of sp³-hybridized carbons (Fsp3) is 0.167. The molecule has 0 aliphatic carbocycles. The van der Waals surface area contributed by atoms with Crippen molar-refractivity contribution in [2.45, 2.75) is 6.61 Å². The molecule has 0 radical (unpaired) electrons. The first-order chi connectivity index (χ1) is 8.69. The molecule has 0 bridgehead atoms. The van der Waals surface area contributed by atoms with Crippen molar-refractivity contribution >= 4 is 28.4 Å². The molecule has 0 unspecified atom stereocenters. The predicted molar refractivity (Wildman–Crippen MR) is 76.4 cm³/mol. The van der Waals surface area contributed by atoms with Gasteiger partial charge < -0.3 is 15.2 Å². The molecular weight excluding hydrogens is 345 g/mol. The third kappa shape index (κ3) is 3.30. The molecule has 6 heteroatoms. The average Bonchev–Trinajstić information content (AvgIpc) is 2.32. The van der Waals surface area contributed by atoms with E-state index in [0.29, 0.717) is 24.1 Å². The Labute approximate surface area is 118 Å². The summed E-state index contributed by atoms with van der Waals surface area (Å²) in [6.07, 6.45) is 0. The first kappa shape index (κ1) is 13.0. The van der Waals surface area contributed by atoms with Gasteiger partial charge >= 0.3 is 0 Å². The molecule has 0 fully saturated rings. The predicted octanol–water partition coefficient (Wildman–Crippen LogP) is 2.60. The maximum Gasteiger partial charge on any atom is 0.224 e. The standard InChI is InChI=1S/C12H12IN3O2/c1-17-7-11-15-10(14)6-12(16-11)18-9-5-3-2-4-8(9)13/h2-6H,7H2,1H3,(H2,14,15,16). The lowest BCUT2D eigenvalue weighted by molar-refractivity contribution is 0.177. The van der Waals surface area contributed by atoms with Crippen molar-refractivity contribution in [1.29, 1.82) is 0 Å². The van der Waals surface area contributed by atoms with E-state index in [4.69, 9.17) is 15.2 Å². The molecule has 0 saturated carbocycles. The van der Waals surface area contributed by atoms with E-state index in [1.54, 1.807) is 13.2 Å². The minimum absolute atomic E-state index is 0.299. The van der Waals surface area contributed by atoms with Crippen molar-refractivity contribution in [3.63, 3.8) is 0 Å². The van der Waals surface area contributed by atoms with Crippen LogP contribution in [0.4, 0.5) is 5.82 Å². The number of methoxy groups -OCH3 is 1. The molecule has 5 nitrogen and oxygen atoms in total. The van der Waals surface area contributed by atoms with Gasteiger partial charge in [0.25, 0.3) is 0 Å². The number of hydrogen-bond acceptors (Lipinski definition) is 5. The van der Waals surface area contributed by atoms with Gasteiger partial charge in [-0.25, -0.2) is 4.98 Å². The number of rotatable bonds is 4. The second-order valence-electron chi connectivity index (χ2n) is 3.51. The highest BCUT2D eigenvalue weighted by Crippen LogP contribution is 2.25. The summed E-state index contributed by atoms with van der Waals surface area (Å²) in [7, 11) is 1.58. The summed E-state index contributed by atoms with van der Waals surface area (Å²) in [5, 5.41) is 0. The Morgan fingerprint density at radius 2 is 2.06 bits per heavy atom. The van der Waals surface area contributed by atoms with Crippen LogP contribution in [0.3, 0.4) is 0 Å². The van der Waals surface area contributed by atoms with Crippen molar-refractivity contribution in [2.75, 3.05) is 12.8 Å². The van der Waals surface area contributed by atoms with Crippen LogP contribution in [-0.4, -0.2) is 17.1 Å². The number of benzene rings is 1. The Balaban J connectivity index is 2.26. The van der Waals surface area contributed by atoms with E-state index in [-0.39, 0.29) is 0 Å². The lowest BCUT2D eigenvalue weighted by Gasteiger charge is -2.08. The Morgan fingerprint density at radius 3 is 2.78 bits per heavy atom. The van der Waals surface area contributed by atoms with E-state index in [1.165, 1.54) is 0 Å². The number of anilines is 1. The molecule has 18 heavy (non-hydrogen) atoms. The first-order valence-corrected chi connectivity index (χ1v) is 6.31. The molecule has 0 aliphatic rings. The van der Waals surface area contributed by atoms with Gasteiger partial charge in [-0.05, 0) is 34.7 Å². The summed E-state index contributed by atoms with van der Waals surface area (Å²) in [6.45, 7) is 0.299. The SMILES string of the molecule is COCc1nc(N)cc(Oc2ccccc2I)n1. The maximum absolute atomic E-state index is 5.69. The molecule has 2 aromatic rings. The molecule has 1 heterocycles. The molecule has 0 spiro atoms. The second kappa shape index (κ2) is 5.96. The zero-order valence-corrected chi connectivity index (χ0v) is 11.9. The molecule has 2 N–H and O–H groups in total. The number of nitrogen functional groups attached to an aromatic ring is 1. The molecule has 0 amide bonds. The fourth-order valence-electron chi connectivity index (χ4n) is 1.38. The van der Waals surface area contributed by atoms with E-state index in [1.807, 2.05) is 24.3 Å². The molecule has 1 aromatic carbocycles. The monoisotopic (exact) mass is 357 g/mol. The number of nitrogens with two attached hydrogens (primary N) is 1. The topological polar surface area (TPSA) is 70.3 Å². The maximum atomic E-state index is 5.69. The van der Waals surface area contributed by atoms with Gasteiger partial charge in [0.2, 0.25) is 5.88 Å². The molecule has 94 valence electrons. The normalized spacial score (nSPS) is 10.3. The van der Waals surface area contributed by atoms with Gasteiger partial charge in [0, 0.05) is 13.2 Å². The summed E-state index contributed by atoms with van der Waals surface area (Å²) in [4.78, 5) is 8.27. The highest BCUT2D eigenvalue weighted by atomic mass is 127. The van der Waals surface area contributed by atoms with Gasteiger partial charge in [-0.1, -0.05) is 12.1 Å². The van der Waals surface area contributed by atoms with Crippen molar-refractivity contribution < 1.29 is 9.47 Å². The first-order valence-electron chi connectivity index (χ1n) is 5.24. The minimum Gasteiger partial charge on any atom is -0.438 e. The van der Waals surface area contributed by atoms with Gasteiger partial charge in [-0.2, -0.15) is 4.98 Å². The summed E-state index contributed by atoms with van der Waals surface area (Å²) >= 11 is 2.20. The largest absolute Gasteiger partial charge is 0.438 e. The lowest BCUT2D eigenvalue weighted by atomic mass is 10.3. The average molecular weight is 357 g/mol. The van der Waals surface area contributed by atoms with Crippen molar-refractivity contribution in [3.8, 4) is 11.6 Å². The van der Waals surface area contributed by atoms with Gasteiger partial charge in [0.1, 0.15) is 18.2 Å². The number of ether oxygens (including phenoxy) is 2. The van der Waals surface area contributed by atoms with Crippen LogP contribution in [0.15, 0.2) is 30.3 Å². The smallest absolute Gasteiger partial charge is 0.224 e. The second-order valence-corrected chi connectivity index (χ2v) is 4.67. The van der Waals surface area contributed by atoms with E-state index < -0.39 is 0 Å². The molecule has 1 aromatic heterocycles. The molecule has 0 atom stereocenters. The summed E-state index contributed by atoms with van der Waals surface area (Å²) in [5.74, 6) is 2.01. The zero-order valence-electron chi connectivity index (χ0n) is 9.76. The van der Waals surface area contributed by atoms with Crippen LogP contribution in [-0.2, 0) is 11.3 Å². The molecule has 2 rings (SSSR count). The number of hydrogen-bond donors (Lipinski definition) is 1. The number of halogens is 1. The number of para-hydroxylation sites is 1. The van der Waals surface area contributed by atoms with Crippen LogP contribution in [0.5, 0.6) is 11.6 Å². The van der Waals surface area contributed by atoms with Crippen LogP contribution in [0.25, 0.3) is 0 Å². The Hall–Kier alpha value is -1.41. The zero-order chi connectivity index (χ0) is 13.0. The van der Waals surface area contributed by atoms with Gasteiger partial charge in [0.05, 0.1) is 3.57 Å². The van der Waals surface area contributed by atoms with Crippen LogP contribution in [0.2, 0.25) is 0 Å². The minimum atomic E-state index is 0.299.